The van der Waals surface area contributed by atoms with Crippen LogP contribution in [0.15, 0.2) is 70.9 Å². The lowest BCUT2D eigenvalue weighted by atomic mass is 9.89. The van der Waals surface area contributed by atoms with E-state index in [1.54, 1.807) is 13.1 Å². The zero-order valence-corrected chi connectivity index (χ0v) is 13.6. The molecule has 124 valence electrons. The first kappa shape index (κ1) is 15.3. The van der Waals surface area contributed by atoms with Crippen molar-refractivity contribution in [2.24, 2.45) is 22.0 Å². The maximum atomic E-state index is 12.9. The van der Waals surface area contributed by atoms with Crippen molar-refractivity contribution in [3.05, 3.63) is 60.7 Å². The summed E-state index contributed by atoms with van der Waals surface area (Å²) in [6, 6.07) is 18.4. The average molecular weight is 332 g/mol. The minimum absolute atomic E-state index is 0.205. The lowest BCUT2D eigenvalue weighted by Crippen LogP contribution is -2.38. The fourth-order valence-corrected chi connectivity index (χ4v) is 3.14. The molecule has 0 bridgehead atoms. The van der Waals surface area contributed by atoms with E-state index >= 15 is 0 Å². The van der Waals surface area contributed by atoms with Crippen LogP contribution in [0.2, 0.25) is 0 Å². The van der Waals surface area contributed by atoms with Crippen molar-refractivity contribution in [2.45, 2.75) is 6.92 Å². The molecule has 2 amide bonds. The monoisotopic (exact) mass is 332 g/mol. The van der Waals surface area contributed by atoms with Crippen LogP contribution in [0.25, 0.3) is 0 Å². The maximum Gasteiger partial charge on any atom is 0.257 e. The average Bonchev–Trinajstić information content (AvgIpc) is 3.16. The Bertz CT molecular complexity index is 877. The van der Waals surface area contributed by atoms with E-state index in [2.05, 4.69) is 10.2 Å². The van der Waals surface area contributed by atoms with Gasteiger partial charge < -0.3 is 0 Å². The van der Waals surface area contributed by atoms with Gasteiger partial charge in [-0.1, -0.05) is 36.4 Å². The summed E-state index contributed by atoms with van der Waals surface area (Å²) >= 11 is 0. The number of para-hydroxylation sites is 2. The van der Waals surface area contributed by atoms with Crippen molar-refractivity contribution in [2.75, 3.05) is 10.0 Å². The van der Waals surface area contributed by atoms with Crippen molar-refractivity contribution in [3.8, 4) is 0 Å². The maximum absolute atomic E-state index is 12.9. The fraction of sp³-hybridized carbons (Fsp3) is 0.158. The number of rotatable bonds is 3. The largest absolute Gasteiger partial charge is 0.272 e. The van der Waals surface area contributed by atoms with Gasteiger partial charge in [0.1, 0.15) is 0 Å². The van der Waals surface area contributed by atoms with Crippen LogP contribution < -0.4 is 10.0 Å². The minimum atomic E-state index is -0.634. The number of benzene rings is 2. The van der Waals surface area contributed by atoms with Crippen LogP contribution in [-0.2, 0) is 9.59 Å². The van der Waals surface area contributed by atoms with Crippen LogP contribution in [0, 0.1) is 11.8 Å². The second-order valence-corrected chi connectivity index (χ2v) is 5.98. The first-order valence-corrected chi connectivity index (χ1v) is 8.04. The zero-order valence-electron chi connectivity index (χ0n) is 13.6. The SMILES string of the molecule is CC1=NN(c2ccccc2)C(=O)C1C1C=NN(c2ccccc2)C1=O. The molecule has 2 aromatic carbocycles. The Balaban J connectivity index is 1.59. The third-order valence-electron chi connectivity index (χ3n) is 4.38. The Hall–Kier alpha value is -3.28. The van der Waals surface area contributed by atoms with Gasteiger partial charge in [0.05, 0.1) is 23.2 Å². The van der Waals surface area contributed by atoms with Gasteiger partial charge in [-0.3, -0.25) is 9.59 Å². The first-order valence-electron chi connectivity index (χ1n) is 8.04. The van der Waals surface area contributed by atoms with Gasteiger partial charge in [-0.05, 0) is 31.2 Å². The number of carbonyl (C=O) groups excluding carboxylic acids is 2. The number of anilines is 2. The Labute approximate surface area is 145 Å². The smallest absolute Gasteiger partial charge is 0.257 e. The second-order valence-electron chi connectivity index (χ2n) is 5.98. The Morgan fingerprint density at radius 3 is 1.96 bits per heavy atom. The molecule has 2 heterocycles. The molecule has 0 saturated carbocycles. The molecule has 0 aromatic heterocycles. The highest BCUT2D eigenvalue weighted by Gasteiger charge is 2.46. The molecule has 2 atom stereocenters. The number of carbonyl (C=O) groups is 2. The minimum Gasteiger partial charge on any atom is -0.272 e. The van der Waals surface area contributed by atoms with Gasteiger partial charge in [0.2, 0.25) is 0 Å². The molecule has 6 nitrogen and oxygen atoms in total. The summed E-state index contributed by atoms with van der Waals surface area (Å²) < 4.78 is 0. The van der Waals surface area contributed by atoms with E-state index in [0.29, 0.717) is 17.1 Å². The van der Waals surface area contributed by atoms with Crippen molar-refractivity contribution in [1.29, 1.82) is 0 Å². The summed E-state index contributed by atoms with van der Waals surface area (Å²) in [5.41, 5.74) is 2.00. The van der Waals surface area contributed by atoms with E-state index in [9.17, 15) is 9.59 Å². The van der Waals surface area contributed by atoms with E-state index < -0.39 is 11.8 Å². The quantitative estimate of drug-likeness (QED) is 0.867. The lowest BCUT2D eigenvalue weighted by Gasteiger charge is -2.18. The molecule has 2 aromatic rings. The molecule has 2 aliphatic heterocycles. The number of hydrazone groups is 2. The van der Waals surface area contributed by atoms with Crippen molar-refractivity contribution in [3.63, 3.8) is 0 Å². The van der Waals surface area contributed by atoms with Gasteiger partial charge in [-0.15, -0.1) is 0 Å². The Kier molecular flexibility index (Phi) is 3.65. The standard InChI is InChI=1S/C19H16N4O2/c1-13-17(19(25)23(21-13)15-10-6-3-7-11-15)16-12-20-22(18(16)24)14-8-4-2-5-9-14/h2-12,16-17H,1H3. The number of hydrogen-bond donors (Lipinski definition) is 0. The number of hydrogen-bond acceptors (Lipinski definition) is 4. The number of amides is 2. The van der Waals surface area contributed by atoms with E-state index in [4.69, 9.17) is 0 Å². The van der Waals surface area contributed by atoms with Gasteiger partial charge in [0.15, 0.2) is 0 Å². The molecule has 0 saturated heterocycles. The van der Waals surface area contributed by atoms with Gasteiger partial charge >= 0.3 is 0 Å². The second kappa shape index (κ2) is 5.98. The normalized spacial score (nSPS) is 22.7. The van der Waals surface area contributed by atoms with Crippen LogP contribution >= 0.6 is 0 Å². The summed E-state index contributed by atoms with van der Waals surface area (Å²) in [7, 11) is 0. The topological polar surface area (TPSA) is 65.3 Å². The Morgan fingerprint density at radius 2 is 1.36 bits per heavy atom. The highest BCUT2D eigenvalue weighted by Crippen LogP contribution is 2.32. The van der Waals surface area contributed by atoms with Gasteiger partial charge in [-0.25, -0.2) is 10.0 Å². The summed E-state index contributed by atoms with van der Waals surface area (Å²) in [5, 5.41) is 11.3. The van der Waals surface area contributed by atoms with Crippen LogP contribution in [0.3, 0.4) is 0 Å². The molecule has 2 unspecified atom stereocenters. The third kappa shape index (κ3) is 2.52. The third-order valence-corrected chi connectivity index (χ3v) is 4.38. The Morgan fingerprint density at radius 1 is 0.800 bits per heavy atom. The predicted octanol–water partition coefficient (Wildman–Crippen LogP) is 2.67. The molecule has 0 radical (unpaired) electrons. The molecule has 0 fully saturated rings. The predicted molar refractivity (Wildman–Crippen MR) is 96.4 cm³/mol. The molecule has 0 aliphatic carbocycles. The van der Waals surface area contributed by atoms with E-state index in [0.717, 1.165) is 0 Å². The molecule has 25 heavy (non-hydrogen) atoms. The molecule has 0 spiro atoms. The van der Waals surface area contributed by atoms with Gasteiger partial charge in [-0.2, -0.15) is 10.2 Å². The summed E-state index contributed by atoms with van der Waals surface area (Å²) in [6.07, 6.45) is 1.55. The highest BCUT2D eigenvalue weighted by molar-refractivity contribution is 6.22. The van der Waals surface area contributed by atoms with Crippen LogP contribution in [0.4, 0.5) is 11.4 Å². The molecular formula is C19H16N4O2. The molecule has 0 N–H and O–H groups in total. The van der Waals surface area contributed by atoms with Crippen molar-refractivity contribution in [1.82, 2.24) is 0 Å². The highest BCUT2D eigenvalue weighted by atomic mass is 16.2. The van der Waals surface area contributed by atoms with Crippen LogP contribution in [-0.4, -0.2) is 23.7 Å². The lowest BCUT2D eigenvalue weighted by molar-refractivity contribution is -0.126. The molecule has 2 aliphatic rings. The van der Waals surface area contributed by atoms with Crippen molar-refractivity contribution >= 4 is 35.1 Å². The summed E-state index contributed by atoms with van der Waals surface area (Å²) in [4.78, 5) is 25.7. The molecule has 4 rings (SSSR count). The van der Waals surface area contributed by atoms with E-state index in [-0.39, 0.29) is 11.8 Å². The number of nitrogens with zero attached hydrogens (tertiary/aromatic N) is 4. The first-order chi connectivity index (χ1) is 12.2. The fourth-order valence-electron chi connectivity index (χ4n) is 3.14. The van der Waals surface area contributed by atoms with E-state index in [1.807, 2.05) is 60.7 Å². The summed E-state index contributed by atoms with van der Waals surface area (Å²) in [5.74, 6) is -1.67. The summed E-state index contributed by atoms with van der Waals surface area (Å²) in [6.45, 7) is 1.78. The van der Waals surface area contributed by atoms with Gasteiger partial charge in [0, 0.05) is 11.9 Å². The van der Waals surface area contributed by atoms with Crippen LogP contribution in [0.5, 0.6) is 0 Å². The zero-order chi connectivity index (χ0) is 17.4. The van der Waals surface area contributed by atoms with Crippen LogP contribution in [0.1, 0.15) is 6.92 Å². The molecular weight excluding hydrogens is 316 g/mol. The molecule has 6 heteroatoms. The van der Waals surface area contributed by atoms with E-state index in [1.165, 1.54) is 10.0 Å². The van der Waals surface area contributed by atoms with Gasteiger partial charge in [0.25, 0.3) is 11.8 Å². The van der Waals surface area contributed by atoms with Crippen molar-refractivity contribution < 1.29 is 9.59 Å².